The fourth-order valence-corrected chi connectivity index (χ4v) is 3.46. The lowest BCUT2D eigenvalue weighted by Crippen LogP contribution is -2.30. The van der Waals surface area contributed by atoms with Gasteiger partial charge < -0.3 is 19.4 Å². The van der Waals surface area contributed by atoms with E-state index in [0.29, 0.717) is 37.4 Å². The van der Waals surface area contributed by atoms with Gasteiger partial charge in [0.25, 0.3) is 5.91 Å². The van der Waals surface area contributed by atoms with Crippen LogP contribution in [0.1, 0.15) is 35.3 Å². The number of pyridine rings is 1. The minimum absolute atomic E-state index is 0.143. The van der Waals surface area contributed by atoms with Crippen molar-refractivity contribution in [3.05, 3.63) is 66.1 Å². The molecule has 7 nitrogen and oxygen atoms in total. The van der Waals surface area contributed by atoms with Gasteiger partial charge >= 0.3 is 0 Å². The minimum atomic E-state index is -0.143. The van der Waals surface area contributed by atoms with Crippen LogP contribution in [-0.4, -0.2) is 45.7 Å². The fourth-order valence-electron chi connectivity index (χ4n) is 3.46. The van der Waals surface area contributed by atoms with E-state index in [1.54, 1.807) is 18.2 Å². The molecule has 1 saturated heterocycles. The number of amides is 2. The Morgan fingerprint density at radius 3 is 2.97 bits per heavy atom. The lowest BCUT2D eigenvalue weighted by atomic mass is 10.2. The first-order chi connectivity index (χ1) is 14.2. The van der Waals surface area contributed by atoms with E-state index in [4.69, 9.17) is 4.74 Å². The predicted octanol–water partition coefficient (Wildman–Crippen LogP) is 2.66. The Hall–Kier alpha value is -3.35. The highest BCUT2D eigenvalue weighted by Crippen LogP contribution is 2.16. The number of ether oxygens (including phenoxy) is 1. The summed E-state index contributed by atoms with van der Waals surface area (Å²) in [6, 6.07) is 12.9. The molecule has 1 fully saturated rings. The molecule has 7 heteroatoms. The first-order valence-corrected chi connectivity index (χ1v) is 9.90. The molecule has 4 rings (SSSR count). The normalized spacial score (nSPS) is 13.8. The van der Waals surface area contributed by atoms with Gasteiger partial charge in [-0.15, -0.1) is 0 Å². The molecule has 0 spiro atoms. The van der Waals surface area contributed by atoms with E-state index >= 15 is 0 Å². The number of rotatable bonds is 8. The number of imidazole rings is 1. The molecule has 0 saturated carbocycles. The molecule has 3 aromatic rings. The summed E-state index contributed by atoms with van der Waals surface area (Å²) in [7, 11) is 0. The average molecular weight is 392 g/mol. The molecule has 0 atom stereocenters. The number of aromatic nitrogens is 2. The summed E-state index contributed by atoms with van der Waals surface area (Å²) < 4.78 is 7.76. The molecular formula is C22H24N4O3. The smallest absolute Gasteiger partial charge is 0.251 e. The summed E-state index contributed by atoms with van der Waals surface area (Å²) in [4.78, 5) is 30.3. The predicted molar refractivity (Wildman–Crippen MR) is 109 cm³/mol. The first kappa shape index (κ1) is 19.0. The molecule has 2 amide bonds. The van der Waals surface area contributed by atoms with Gasteiger partial charge in [-0.05, 0) is 43.2 Å². The van der Waals surface area contributed by atoms with Crippen molar-refractivity contribution in [1.29, 1.82) is 0 Å². The minimum Gasteiger partial charge on any atom is -0.487 e. The van der Waals surface area contributed by atoms with Crippen LogP contribution in [0.5, 0.6) is 5.75 Å². The summed E-state index contributed by atoms with van der Waals surface area (Å²) in [5.41, 5.74) is 2.24. The Kier molecular flexibility index (Phi) is 5.74. The van der Waals surface area contributed by atoms with E-state index in [0.717, 1.165) is 30.7 Å². The van der Waals surface area contributed by atoms with Crippen molar-refractivity contribution >= 4 is 17.5 Å². The zero-order valence-corrected chi connectivity index (χ0v) is 16.2. The number of fused-ring (bicyclic) bond motifs is 1. The zero-order chi connectivity index (χ0) is 20.1. The van der Waals surface area contributed by atoms with Gasteiger partial charge in [-0.1, -0.05) is 12.1 Å². The zero-order valence-electron chi connectivity index (χ0n) is 16.2. The average Bonchev–Trinajstić information content (AvgIpc) is 3.35. The van der Waals surface area contributed by atoms with Crippen LogP contribution >= 0.6 is 0 Å². The number of hydrogen-bond donors (Lipinski definition) is 1. The molecule has 0 unspecified atom stereocenters. The number of likely N-dealkylation sites (tertiary alicyclic amines) is 1. The topological polar surface area (TPSA) is 75.9 Å². The molecule has 2 aromatic heterocycles. The molecule has 1 aromatic carbocycles. The molecule has 3 heterocycles. The maximum atomic E-state index is 12.4. The number of nitrogens with one attached hydrogen (secondary N) is 1. The van der Waals surface area contributed by atoms with Gasteiger partial charge in [0, 0.05) is 44.0 Å². The number of nitrogens with zero attached hydrogens (tertiary/aromatic N) is 3. The second kappa shape index (κ2) is 8.77. The quantitative estimate of drug-likeness (QED) is 0.598. The second-order valence-electron chi connectivity index (χ2n) is 7.11. The number of benzene rings is 1. The monoisotopic (exact) mass is 392 g/mol. The van der Waals surface area contributed by atoms with Crippen LogP contribution in [0.2, 0.25) is 0 Å². The van der Waals surface area contributed by atoms with Crippen LogP contribution in [0.3, 0.4) is 0 Å². The van der Waals surface area contributed by atoms with Crippen molar-refractivity contribution in [3.63, 3.8) is 0 Å². The molecule has 29 heavy (non-hydrogen) atoms. The highest BCUT2D eigenvalue weighted by atomic mass is 16.5. The number of hydrogen-bond acceptors (Lipinski definition) is 4. The number of carbonyl (C=O) groups excluding carboxylic acids is 2. The third-order valence-corrected chi connectivity index (χ3v) is 4.96. The summed E-state index contributed by atoms with van der Waals surface area (Å²) in [6.45, 7) is 2.39. The number of carbonyl (C=O) groups is 2. The van der Waals surface area contributed by atoms with E-state index in [2.05, 4.69) is 10.3 Å². The molecule has 150 valence electrons. The maximum Gasteiger partial charge on any atom is 0.251 e. The third kappa shape index (κ3) is 4.74. The van der Waals surface area contributed by atoms with Crippen LogP contribution in [-0.2, 0) is 11.4 Å². The van der Waals surface area contributed by atoms with Gasteiger partial charge in [-0.2, -0.15) is 0 Å². The van der Waals surface area contributed by atoms with Gasteiger partial charge in [0.1, 0.15) is 18.0 Å². The molecule has 1 aliphatic rings. The van der Waals surface area contributed by atoms with Crippen LogP contribution in [0.15, 0.2) is 54.9 Å². The highest BCUT2D eigenvalue weighted by molar-refractivity contribution is 5.94. The van der Waals surface area contributed by atoms with E-state index < -0.39 is 0 Å². The SMILES string of the molecule is O=C(NCCCN1CCCC1=O)c1cccc(OCc2cn3ccccc3n2)c1. The van der Waals surface area contributed by atoms with Crippen LogP contribution in [0.25, 0.3) is 5.65 Å². The van der Waals surface area contributed by atoms with E-state index in [-0.39, 0.29) is 11.8 Å². The van der Waals surface area contributed by atoms with Gasteiger partial charge in [-0.25, -0.2) is 4.98 Å². The van der Waals surface area contributed by atoms with Gasteiger partial charge in [0.15, 0.2) is 0 Å². The summed E-state index contributed by atoms with van der Waals surface area (Å²) in [5.74, 6) is 0.695. The lowest BCUT2D eigenvalue weighted by Gasteiger charge is -2.15. The van der Waals surface area contributed by atoms with Crippen molar-refractivity contribution in [2.75, 3.05) is 19.6 Å². The molecule has 1 aliphatic heterocycles. The molecular weight excluding hydrogens is 368 g/mol. The lowest BCUT2D eigenvalue weighted by molar-refractivity contribution is -0.127. The maximum absolute atomic E-state index is 12.4. The van der Waals surface area contributed by atoms with E-state index in [1.807, 2.05) is 46.0 Å². The van der Waals surface area contributed by atoms with Crippen molar-refractivity contribution in [1.82, 2.24) is 19.6 Å². The van der Waals surface area contributed by atoms with Gasteiger partial charge in [-0.3, -0.25) is 9.59 Å². The van der Waals surface area contributed by atoms with E-state index in [9.17, 15) is 9.59 Å². The summed E-state index contributed by atoms with van der Waals surface area (Å²) >= 11 is 0. The Labute approximate surface area is 169 Å². The standard InChI is InChI=1S/C22H24N4O3/c27-21-9-4-12-25(21)13-5-10-23-22(28)17-6-3-7-19(14-17)29-16-18-15-26-11-2-1-8-20(26)24-18/h1-3,6-8,11,14-15H,4-5,9-10,12-13,16H2,(H,23,28). The third-order valence-electron chi connectivity index (χ3n) is 4.96. The largest absolute Gasteiger partial charge is 0.487 e. The van der Waals surface area contributed by atoms with Crippen molar-refractivity contribution in [3.8, 4) is 5.75 Å². The van der Waals surface area contributed by atoms with Crippen LogP contribution in [0.4, 0.5) is 0 Å². The van der Waals surface area contributed by atoms with Crippen molar-refractivity contribution in [2.24, 2.45) is 0 Å². The molecule has 0 bridgehead atoms. The summed E-state index contributed by atoms with van der Waals surface area (Å²) in [5, 5.41) is 2.91. The second-order valence-corrected chi connectivity index (χ2v) is 7.11. The Morgan fingerprint density at radius 2 is 2.14 bits per heavy atom. The molecule has 0 aliphatic carbocycles. The van der Waals surface area contributed by atoms with Crippen molar-refractivity contribution in [2.45, 2.75) is 25.9 Å². The Balaban J connectivity index is 1.27. The van der Waals surface area contributed by atoms with Crippen LogP contribution < -0.4 is 10.1 Å². The molecule has 0 radical (unpaired) electrons. The fraction of sp³-hybridized carbons (Fsp3) is 0.318. The summed E-state index contributed by atoms with van der Waals surface area (Å²) in [6.07, 6.45) is 6.20. The first-order valence-electron chi connectivity index (χ1n) is 9.90. The van der Waals surface area contributed by atoms with Crippen molar-refractivity contribution < 1.29 is 14.3 Å². The van der Waals surface area contributed by atoms with Gasteiger partial charge in [0.2, 0.25) is 5.91 Å². The Bertz CT molecular complexity index is 981. The molecule has 1 N–H and O–H groups in total. The highest BCUT2D eigenvalue weighted by Gasteiger charge is 2.19. The van der Waals surface area contributed by atoms with E-state index in [1.165, 1.54) is 0 Å². The Morgan fingerprint density at radius 1 is 1.21 bits per heavy atom. The van der Waals surface area contributed by atoms with Crippen LogP contribution in [0, 0.1) is 0 Å². The van der Waals surface area contributed by atoms with Gasteiger partial charge in [0.05, 0.1) is 5.69 Å².